The average molecular weight is 326 g/mol. The van der Waals surface area contributed by atoms with E-state index in [9.17, 15) is 9.18 Å². The second kappa shape index (κ2) is 5.52. The zero-order chi connectivity index (χ0) is 14.0. The highest BCUT2D eigenvalue weighted by Crippen LogP contribution is 2.22. The summed E-state index contributed by atoms with van der Waals surface area (Å²) in [4.78, 5) is 12.1. The maximum absolute atomic E-state index is 13.7. The fourth-order valence-electron chi connectivity index (χ4n) is 1.80. The summed E-state index contributed by atoms with van der Waals surface area (Å²) < 4.78 is 15.7. The molecule has 19 heavy (non-hydrogen) atoms. The van der Waals surface area contributed by atoms with Crippen molar-refractivity contribution in [3.05, 3.63) is 45.9 Å². The third-order valence-corrected chi connectivity index (χ3v) is 3.34. The van der Waals surface area contributed by atoms with Gasteiger partial charge in [0.2, 0.25) is 0 Å². The highest BCUT2D eigenvalue weighted by Gasteiger charge is 2.17. The number of nitrogens with one attached hydrogen (secondary N) is 1. The van der Waals surface area contributed by atoms with Gasteiger partial charge in [0, 0.05) is 17.7 Å². The number of halogens is 2. The lowest BCUT2D eigenvalue weighted by molar-refractivity contribution is 0.102. The Morgan fingerprint density at radius 2 is 2.26 bits per heavy atom. The molecule has 1 N–H and O–H groups in total. The van der Waals surface area contributed by atoms with Gasteiger partial charge in [-0.3, -0.25) is 9.48 Å². The molecule has 1 aromatic heterocycles. The monoisotopic (exact) mass is 325 g/mol. The molecule has 2 aromatic rings. The lowest BCUT2D eigenvalue weighted by Gasteiger charge is -2.07. The molecule has 0 unspecified atom stereocenters. The molecule has 100 valence electrons. The van der Waals surface area contributed by atoms with Crippen LogP contribution < -0.4 is 5.32 Å². The van der Waals surface area contributed by atoms with Gasteiger partial charge in [0.25, 0.3) is 5.91 Å². The predicted molar refractivity (Wildman–Crippen MR) is 74.6 cm³/mol. The SMILES string of the molecule is CCc1nn(C)cc1NC(=O)c1c(F)cccc1Br. The standard InChI is InChI=1S/C13H13BrFN3O/c1-3-10-11(7-18(2)17-10)16-13(19)12-8(14)5-4-6-9(12)15/h4-7H,3H2,1-2H3,(H,16,19). The van der Waals surface area contributed by atoms with Crippen LogP contribution in [0.1, 0.15) is 23.0 Å². The zero-order valence-electron chi connectivity index (χ0n) is 10.6. The summed E-state index contributed by atoms with van der Waals surface area (Å²) in [5.74, 6) is -1.05. The Morgan fingerprint density at radius 3 is 2.89 bits per heavy atom. The number of aromatic nitrogens is 2. The molecule has 0 aliphatic carbocycles. The maximum Gasteiger partial charge on any atom is 0.259 e. The van der Waals surface area contributed by atoms with Gasteiger partial charge in [-0.25, -0.2) is 4.39 Å². The van der Waals surface area contributed by atoms with E-state index < -0.39 is 11.7 Å². The van der Waals surface area contributed by atoms with Crippen molar-refractivity contribution < 1.29 is 9.18 Å². The quantitative estimate of drug-likeness (QED) is 0.942. The molecule has 0 saturated carbocycles. The van der Waals surface area contributed by atoms with Crippen molar-refractivity contribution in [2.75, 3.05) is 5.32 Å². The van der Waals surface area contributed by atoms with Crippen molar-refractivity contribution in [3.63, 3.8) is 0 Å². The van der Waals surface area contributed by atoms with Crippen LogP contribution in [0.25, 0.3) is 0 Å². The molecule has 1 aromatic carbocycles. The van der Waals surface area contributed by atoms with E-state index in [1.54, 1.807) is 24.0 Å². The van der Waals surface area contributed by atoms with Crippen molar-refractivity contribution in [3.8, 4) is 0 Å². The molecule has 0 radical (unpaired) electrons. The Hall–Kier alpha value is -1.69. The summed E-state index contributed by atoms with van der Waals surface area (Å²) in [6.45, 7) is 1.94. The molecule has 0 fully saturated rings. The van der Waals surface area contributed by atoms with Crippen molar-refractivity contribution in [1.82, 2.24) is 9.78 Å². The summed E-state index contributed by atoms with van der Waals surface area (Å²) in [6, 6.07) is 4.42. The minimum atomic E-state index is -0.561. The molecule has 4 nitrogen and oxygen atoms in total. The first-order chi connectivity index (χ1) is 9.02. The van der Waals surface area contributed by atoms with Crippen molar-refractivity contribution in [2.45, 2.75) is 13.3 Å². The van der Waals surface area contributed by atoms with Crippen LogP contribution in [-0.2, 0) is 13.5 Å². The minimum absolute atomic E-state index is 0.00611. The number of rotatable bonds is 3. The minimum Gasteiger partial charge on any atom is -0.319 e. The number of hydrogen-bond acceptors (Lipinski definition) is 2. The molecular weight excluding hydrogens is 313 g/mol. The normalized spacial score (nSPS) is 10.5. The van der Waals surface area contributed by atoms with Crippen LogP contribution in [0.4, 0.5) is 10.1 Å². The number of benzene rings is 1. The molecule has 1 heterocycles. The summed E-state index contributed by atoms with van der Waals surface area (Å²) in [5.41, 5.74) is 1.36. The largest absolute Gasteiger partial charge is 0.319 e. The van der Waals surface area contributed by atoms with E-state index in [1.165, 1.54) is 12.1 Å². The van der Waals surface area contributed by atoms with Gasteiger partial charge < -0.3 is 5.32 Å². The van der Waals surface area contributed by atoms with E-state index in [0.717, 1.165) is 5.69 Å². The van der Waals surface area contributed by atoms with E-state index in [4.69, 9.17) is 0 Å². The molecule has 1 amide bonds. The number of carbonyl (C=O) groups excluding carboxylic acids is 1. The maximum atomic E-state index is 13.7. The smallest absolute Gasteiger partial charge is 0.259 e. The predicted octanol–water partition coefficient (Wildman–Crippen LogP) is 3.14. The first-order valence-electron chi connectivity index (χ1n) is 5.80. The van der Waals surface area contributed by atoms with Gasteiger partial charge >= 0.3 is 0 Å². The Balaban J connectivity index is 2.31. The van der Waals surface area contributed by atoms with E-state index >= 15 is 0 Å². The van der Waals surface area contributed by atoms with Crippen LogP contribution in [-0.4, -0.2) is 15.7 Å². The molecule has 0 bridgehead atoms. The molecule has 6 heteroatoms. The third-order valence-electron chi connectivity index (χ3n) is 2.68. The summed E-state index contributed by atoms with van der Waals surface area (Å²) >= 11 is 3.18. The van der Waals surface area contributed by atoms with Crippen LogP contribution in [0.2, 0.25) is 0 Å². The lowest BCUT2D eigenvalue weighted by Crippen LogP contribution is -2.15. The number of hydrogen-bond donors (Lipinski definition) is 1. The van der Waals surface area contributed by atoms with Gasteiger partial charge in [-0.1, -0.05) is 13.0 Å². The highest BCUT2D eigenvalue weighted by atomic mass is 79.9. The molecule has 0 aliphatic heterocycles. The Labute approximate surface area is 118 Å². The Kier molecular flexibility index (Phi) is 3.99. The summed E-state index contributed by atoms with van der Waals surface area (Å²) in [7, 11) is 1.77. The van der Waals surface area contributed by atoms with E-state index in [1.807, 2.05) is 6.92 Å². The first-order valence-corrected chi connectivity index (χ1v) is 6.60. The van der Waals surface area contributed by atoms with Gasteiger partial charge in [0.05, 0.1) is 16.9 Å². The zero-order valence-corrected chi connectivity index (χ0v) is 12.2. The summed E-state index contributed by atoms with van der Waals surface area (Å²) in [5, 5.41) is 6.91. The number of aryl methyl sites for hydroxylation is 2. The topological polar surface area (TPSA) is 46.9 Å². The second-order valence-corrected chi connectivity index (χ2v) is 4.92. The van der Waals surface area contributed by atoms with Gasteiger partial charge in [-0.15, -0.1) is 0 Å². The van der Waals surface area contributed by atoms with E-state index in [-0.39, 0.29) is 5.56 Å². The molecule has 0 spiro atoms. The van der Waals surface area contributed by atoms with Gasteiger partial charge in [0.1, 0.15) is 5.82 Å². The molecule has 0 atom stereocenters. The van der Waals surface area contributed by atoms with Crippen LogP contribution in [0.15, 0.2) is 28.9 Å². The molecule has 2 rings (SSSR count). The van der Waals surface area contributed by atoms with Crippen LogP contribution >= 0.6 is 15.9 Å². The van der Waals surface area contributed by atoms with Gasteiger partial charge in [-0.05, 0) is 34.5 Å². The highest BCUT2D eigenvalue weighted by molar-refractivity contribution is 9.10. The van der Waals surface area contributed by atoms with Crippen LogP contribution in [0, 0.1) is 5.82 Å². The number of amides is 1. The first kappa shape index (κ1) is 13.7. The fourth-order valence-corrected chi connectivity index (χ4v) is 2.32. The van der Waals surface area contributed by atoms with E-state index in [2.05, 4.69) is 26.3 Å². The molecule has 0 aliphatic rings. The Morgan fingerprint density at radius 1 is 1.53 bits per heavy atom. The second-order valence-electron chi connectivity index (χ2n) is 4.07. The van der Waals surface area contributed by atoms with Crippen molar-refractivity contribution in [2.24, 2.45) is 7.05 Å². The number of anilines is 1. The molecule has 0 saturated heterocycles. The van der Waals surface area contributed by atoms with Gasteiger partial charge in [0.15, 0.2) is 0 Å². The number of nitrogens with zero attached hydrogens (tertiary/aromatic N) is 2. The fraction of sp³-hybridized carbons (Fsp3) is 0.231. The van der Waals surface area contributed by atoms with Gasteiger partial charge in [-0.2, -0.15) is 5.10 Å². The van der Waals surface area contributed by atoms with E-state index in [0.29, 0.717) is 16.6 Å². The van der Waals surface area contributed by atoms with Crippen molar-refractivity contribution in [1.29, 1.82) is 0 Å². The molecular formula is C13H13BrFN3O. The van der Waals surface area contributed by atoms with Crippen LogP contribution in [0.3, 0.4) is 0 Å². The van der Waals surface area contributed by atoms with Crippen LogP contribution in [0.5, 0.6) is 0 Å². The lowest BCUT2D eigenvalue weighted by atomic mass is 10.2. The Bertz CT molecular complexity index is 604. The average Bonchev–Trinajstić information content (AvgIpc) is 2.69. The third kappa shape index (κ3) is 2.84. The number of carbonyl (C=O) groups is 1. The van der Waals surface area contributed by atoms with Crippen molar-refractivity contribution >= 4 is 27.5 Å². The summed E-state index contributed by atoms with van der Waals surface area (Å²) in [6.07, 6.45) is 2.39.